The van der Waals surface area contributed by atoms with E-state index >= 15 is 0 Å². The number of fused-ring (bicyclic) bond motifs is 3. The number of thioether (sulfide) groups is 1. The first-order valence-electron chi connectivity index (χ1n) is 11.5. The van der Waals surface area contributed by atoms with Crippen molar-refractivity contribution in [2.75, 3.05) is 29.9 Å². The zero-order valence-corrected chi connectivity index (χ0v) is 19.3. The maximum atomic E-state index is 13.1. The van der Waals surface area contributed by atoms with Crippen molar-refractivity contribution in [1.82, 2.24) is 9.88 Å². The fourth-order valence-corrected chi connectivity index (χ4v) is 5.71. The van der Waals surface area contributed by atoms with E-state index in [1.54, 1.807) is 0 Å². The lowest BCUT2D eigenvalue weighted by Gasteiger charge is -2.26. The fraction of sp³-hybridized carbons (Fsp3) is 0.385. The highest BCUT2D eigenvalue weighted by Gasteiger charge is 2.22. The van der Waals surface area contributed by atoms with E-state index < -0.39 is 0 Å². The number of para-hydroxylation sites is 1. The number of hydrogen-bond acceptors (Lipinski definition) is 3. The van der Waals surface area contributed by atoms with Crippen molar-refractivity contribution in [3.8, 4) is 0 Å². The second-order valence-electron chi connectivity index (χ2n) is 8.98. The molecule has 2 aliphatic rings. The number of aromatic nitrogens is 1. The Labute approximate surface area is 193 Å². The van der Waals surface area contributed by atoms with Gasteiger partial charge in [-0.1, -0.05) is 31.2 Å². The summed E-state index contributed by atoms with van der Waals surface area (Å²) >= 11 is 1.90. The molecule has 1 aliphatic heterocycles. The standard InChI is InChI=1S/C26H29N3O2S/c1-17-5-10-23-22(15-17)20-3-2-4-21(25(20)28-23)26(31)27-19-8-6-18(7-9-19)16-24(30)29-11-13-32-14-12-29/h2-4,6-9,17,28H,5,10-16H2,1H3,(H,27,31). The summed E-state index contributed by atoms with van der Waals surface area (Å²) in [7, 11) is 0. The summed E-state index contributed by atoms with van der Waals surface area (Å²) in [5.41, 5.74) is 5.97. The predicted octanol–water partition coefficient (Wildman–Crippen LogP) is 4.66. The fourth-order valence-electron chi connectivity index (χ4n) is 4.81. The Bertz CT molecular complexity index is 1150. The molecular formula is C26H29N3O2S. The highest BCUT2D eigenvalue weighted by Crippen LogP contribution is 2.33. The number of aryl methyl sites for hydroxylation is 1. The van der Waals surface area contributed by atoms with Gasteiger partial charge in [-0.2, -0.15) is 11.8 Å². The number of nitrogens with one attached hydrogen (secondary N) is 2. The minimum absolute atomic E-state index is 0.114. The number of benzene rings is 2. The average molecular weight is 448 g/mol. The predicted molar refractivity (Wildman–Crippen MR) is 131 cm³/mol. The molecule has 3 aromatic rings. The van der Waals surface area contributed by atoms with Crippen LogP contribution in [0.15, 0.2) is 42.5 Å². The first kappa shape index (κ1) is 21.1. The van der Waals surface area contributed by atoms with Gasteiger partial charge in [0.05, 0.1) is 17.5 Å². The average Bonchev–Trinajstić information content (AvgIpc) is 3.19. The van der Waals surface area contributed by atoms with Gasteiger partial charge in [0, 0.05) is 41.4 Å². The largest absolute Gasteiger partial charge is 0.358 e. The molecule has 1 saturated heterocycles. The first-order chi connectivity index (χ1) is 15.6. The Morgan fingerprint density at radius 2 is 1.91 bits per heavy atom. The minimum Gasteiger partial charge on any atom is -0.358 e. The molecule has 2 heterocycles. The van der Waals surface area contributed by atoms with E-state index in [0.717, 1.165) is 54.2 Å². The number of hydrogen-bond donors (Lipinski definition) is 2. The maximum Gasteiger partial charge on any atom is 0.257 e. The van der Waals surface area contributed by atoms with Crippen LogP contribution in [0.25, 0.3) is 10.9 Å². The summed E-state index contributed by atoms with van der Waals surface area (Å²) in [5, 5.41) is 4.20. The zero-order chi connectivity index (χ0) is 22.1. The normalized spacial score (nSPS) is 18.4. The second-order valence-corrected chi connectivity index (χ2v) is 10.2. The van der Waals surface area contributed by atoms with Crippen molar-refractivity contribution < 1.29 is 9.59 Å². The lowest BCUT2D eigenvalue weighted by atomic mass is 9.87. The quantitative estimate of drug-likeness (QED) is 0.611. The lowest BCUT2D eigenvalue weighted by molar-refractivity contribution is -0.130. The molecule has 6 heteroatoms. The third kappa shape index (κ3) is 4.29. The van der Waals surface area contributed by atoms with Crippen LogP contribution in [-0.2, 0) is 24.1 Å². The molecule has 1 fully saturated rings. The van der Waals surface area contributed by atoms with Crippen LogP contribution in [0.4, 0.5) is 5.69 Å². The number of H-pyrrole nitrogens is 1. The summed E-state index contributed by atoms with van der Waals surface area (Å²) in [5.74, 6) is 2.78. The van der Waals surface area contributed by atoms with E-state index in [4.69, 9.17) is 0 Å². The minimum atomic E-state index is -0.114. The Hall–Kier alpha value is -2.73. The SMILES string of the molecule is CC1CCc2[nH]c3c(C(=O)Nc4ccc(CC(=O)N5CCSCC5)cc4)cccc3c2C1. The van der Waals surface area contributed by atoms with Gasteiger partial charge >= 0.3 is 0 Å². The van der Waals surface area contributed by atoms with Crippen molar-refractivity contribution in [3.05, 3.63) is 64.8 Å². The van der Waals surface area contributed by atoms with E-state index in [2.05, 4.69) is 23.3 Å². The molecule has 166 valence electrons. The third-order valence-electron chi connectivity index (χ3n) is 6.65. The molecule has 32 heavy (non-hydrogen) atoms. The van der Waals surface area contributed by atoms with Crippen LogP contribution in [0.2, 0.25) is 0 Å². The summed E-state index contributed by atoms with van der Waals surface area (Å²) in [4.78, 5) is 31.0. The van der Waals surface area contributed by atoms with Gasteiger partial charge in [-0.15, -0.1) is 0 Å². The van der Waals surface area contributed by atoms with Crippen molar-refractivity contribution in [2.24, 2.45) is 5.92 Å². The van der Waals surface area contributed by atoms with Crippen molar-refractivity contribution >= 4 is 40.2 Å². The molecule has 2 N–H and O–H groups in total. The van der Waals surface area contributed by atoms with Gasteiger partial charge < -0.3 is 15.2 Å². The third-order valence-corrected chi connectivity index (χ3v) is 7.59. The maximum absolute atomic E-state index is 13.1. The Morgan fingerprint density at radius 3 is 2.69 bits per heavy atom. The molecule has 1 aliphatic carbocycles. The van der Waals surface area contributed by atoms with E-state index in [9.17, 15) is 9.59 Å². The van der Waals surface area contributed by atoms with Crippen molar-refractivity contribution in [3.63, 3.8) is 0 Å². The van der Waals surface area contributed by atoms with Gasteiger partial charge in [-0.3, -0.25) is 9.59 Å². The van der Waals surface area contributed by atoms with Gasteiger partial charge in [-0.25, -0.2) is 0 Å². The molecular weight excluding hydrogens is 418 g/mol. The molecule has 1 aromatic heterocycles. The molecule has 0 radical (unpaired) electrons. The van der Waals surface area contributed by atoms with Crippen LogP contribution in [-0.4, -0.2) is 46.3 Å². The lowest BCUT2D eigenvalue weighted by Crippen LogP contribution is -2.38. The second kappa shape index (κ2) is 9.02. The molecule has 1 unspecified atom stereocenters. The van der Waals surface area contributed by atoms with Crippen molar-refractivity contribution in [2.45, 2.75) is 32.6 Å². The van der Waals surface area contributed by atoms with Gasteiger partial charge in [0.2, 0.25) is 5.91 Å². The summed E-state index contributed by atoms with van der Waals surface area (Å²) in [6.07, 6.45) is 3.71. The van der Waals surface area contributed by atoms with Crippen LogP contribution in [0.5, 0.6) is 0 Å². The van der Waals surface area contributed by atoms with Crippen LogP contribution in [0.3, 0.4) is 0 Å². The van der Waals surface area contributed by atoms with E-state index in [1.165, 1.54) is 23.1 Å². The Morgan fingerprint density at radius 1 is 1.12 bits per heavy atom. The molecule has 0 bridgehead atoms. The number of amides is 2. The number of anilines is 1. The number of aromatic amines is 1. The monoisotopic (exact) mass is 447 g/mol. The molecule has 1 atom stereocenters. The van der Waals surface area contributed by atoms with E-state index in [0.29, 0.717) is 17.9 Å². The molecule has 2 aromatic carbocycles. The summed E-state index contributed by atoms with van der Waals surface area (Å²) in [6.45, 7) is 3.97. The summed E-state index contributed by atoms with van der Waals surface area (Å²) < 4.78 is 0. The van der Waals surface area contributed by atoms with Crippen LogP contribution < -0.4 is 5.32 Å². The Balaban J connectivity index is 1.29. The van der Waals surface area contributed by atoms with Crippen LogP contribution >= 0.6 is 11.8 Å². The number of rotatable bonds is 4. The molecule has 2 amide bonds. The molecule has 5 rings (SSSR count). The smallest absolute Gasteiger partial charge is 0.257 e. The topological polar surface area (TPSA) is 65.2 Å². The van der Waals surface area contributed by atoms with Gasteiger partial charge in [0.1, 0.15) is 0 Å². The van der Waals surface area contributed by atoms with E-state index in [-0.39, 0.29) is 11.8 Å². The molecule has 0 spiro atoms. The zero-order valence-electron chi connectivity index (χ0n) is 18.4. The highest BCUT2D eigenvalue weighted by molar-refractivity contribution is 7.99. The highest BCUT2D eigenvalue weighted by atomic mass is 32.2. The molecule has 0 saturated carbocycles. The van der Waals surface area contributed by atoms with Gasteiger partial charge in [-0.05, 0) is 54.5 Å². The number of carbonyl (C=O) groups is 2. The van der Waals surface area contributed by atoms with E-state index in [1.807, 2.05) is 53.1 Å². The Kier molecular flexibility index (Phi) is 5.96. The number of nitrogens with zero attached hydrogens (tertiary/aromatic N) is 1. The van der Waals surface area contributed by atoms with Gasteiger partial charge in [0.25, 0.3) is 5.91 Å². The summed E-state index contributed by atoms with van der Waals surface area (Å²) in [6, 6.07) is 13.6. The van der Waals surface area contributed by atoms with Gasteiger partial charge in [0.15, 0.2) is 0 Å². The van der Waals surface area contributed by atoms with Crippen molar-refractivity contribution in [1.29, 1.82) is 0 Å². The first-order valence-corrected chi connectivity index (χ1v) is 12.6. The molecule has 5 nitrogen and oxygen atoms in total. The number of carbonyl (C=O) groups excluding carboxylic acids is 2. The van der Waals surface area contributed by atoms with Crippen LogP contribution in [0.1, 0.15) is 40.5 Å². The van der Waals surface area contributed by atoms with Crippen LogP contribution in [0, 0.1) is 5.92 Å².